The van der Waals surface area contributed by atoms with Crippen molar-refractivity contribution in [1.82, 2.24) is 4.98 Å². The molecule has 0 saturated carbocycles. The molecular weight excluding hydrogens is 254 g/mol. The van der Waals surface area contributed by atoms with Gasteiger partial charge in [0.15, 0.2) is 0 Å². The number of alkyl halides is 1. The van der Waals surface area contributed by atoms with Gasteiger partial charge in [0.05, 0.1) is 11.9 Å². The number of rotatable bonds is 2. The molecule has 3 heteroatoms. The minimum absolute atomic E-state index is 0.228. The Morgan fingerprint density at radius 2 is 1.93 bits per heavy atom. The molecule has 2 nitrogen and oxygen atoms in total. The van der Waals surface area contributed by atoms with E-state index in [2.05, 4.69) is 20.9 Å². The molecule has 0 saturated heterocycles. The summed E-state index contributed by atoms with van der Waals surface area (Å²) < 4.78 is 0. The maximum Gasteiger partial charge on any atom is 0.137 e. The van der Waals surface area contributed by atoms with Gasteiger partial charge in [-0.1, -0.05) is 46.3 Å². The topological polar surface area (TPSA) is 33.1 Å². The highest BCUT2D eigenvalue weighted by Gasteiger charge is 2.04. The van der Waals surface area contributed by atoms with E-state index in [0.29, 0.717) is 5.33 Å². The lowest BCUT2D eigenvalue weighted by Crippen LogP contribution is -1.87. The van der Waals surface area contributed by atoms with Crippen molar-refractivity contribution in [2.45, 2.75) is 5.33 Å². The molecule has 0 atom stereocenters. The van der Waals surface area contributed by atoms with Crippen LogP contribution in [0.15, 0.2) is 42.6 Å². The van der Waals surface area contributed by atoms with Gasteiger partial charge in [0, 0.05) is 16.5 Å². The fourth-order valence-electron chi connectivity index (χ4n) is 1.36. The van der Waals surface area contributed by atoms with Gasteiger partial charge < -0.3 is 5.11 Å². The number of benzene rings is 1. The lowest BCUT2D eigenvalue weighted by molar-refractivity contribution is 0.468. The third kappa shape index (κ3) is 2.18. The Morgan fingerprint density at radius 1 is 1.20 bits per heavy atom. The fourth-order valence-corrected chi connectivity index (χ4v) is 1.81. The summed E-state index contributed by atoms with van der Waals surface area (Å²) >= 11 is 3.33. The van der Waals surface area contributed by atoms with Crippen molar-refractivity contribution in [2.24, 2.45) is 0 Å². The second-order valence-corrected chi connectivity index (χ2v) is 3.76. The first kappa shape index (κ1) is 10.2. The quantitative estimate of drug-likeness (QED) is 0.844. The zero-order valence-corrected chi connectivity index (χ0v) is 9.61. The average molecular weight is 264 g/mol. The van der Waals surface area contributed by atoms with E-state index in [1.165, 1.54) is 6.20 Å². The van der Waals surface area contributed by atoms with Crippen molar-refractivity contribution >= 4 is 15.9 Å². The Morgan fingerprint density at radius 3 is 2.60 bits per heavy atom. The summed E-state index contributed by atoms with van der Waals surface area (Å²) in [6.07, 6.45) is 1.49. The van der Waals surface area contributed by atoms with Gasteiger partial charge in [-0.15, -0.1) is 0 Å². The molecule has 0 amide bonds. The van der Waals surface area contributed by atoms with Crippen molar-refractivity contribution in [2.75, 3.05) is 0 Å². The third-order valence-electron chi connectivity index (χ3n) is 2.18. The van der Waals surface area contributed by atoms with Crippen molar-refractivity contribution in [3.8, 4) is 17.0 Å². The van der Waals surface area contributed by atoms with Crippen LogP contribution in [0.1, 0.15) is 5.56 Å². The maximum absolute atomic E-state index is 9.49. The molecule has 0 radical (unpaired) electrons. The normalized spacial score (nSPS) is 10.2. The third-order valence-corrected chi connectivity index (χ3v) is 2.78. The van der Waals surface area contributed by atoms with Gasteiger partial charge in [-0.05, 0) is 6.07 Å². The molecule has 1 heterocycles. The van der Waals surface area contributed by atoms with Crippen LogP contribution < -0.4 is 0 Å². The van der Waals surface area contributed by atoms with Crippen LogP contribution in [0.5, 0.6) is 5.75 Å². The fraction of sp³-hybridized carbons (Fsp3) is 0.0833. The molecule has 0 bridgehead atoms. The molecule has 2 rings (SSSR count). The van der Waals surface area contributed by atoms with Crippen LogP contribution in [0.4, 0.5) is 0 Å². The predicted octanol–water partition coefficient (Wildman–Crippen LogP) is 3.35. The molecule has 1 N–H and O–H groups in total. The van der Waals surface area contributed by atoms with Crippen molar-refractivity contribution in [1.29, 1.82) is 0 Å². The summed E-state index contributed by atoms with van der Waals surface area (Å²) in [6, 6.07) is 11.8. The Labute approximate surface area is 96.7 Å². The van der Waals surface area contributed by atoms with Crippen LogP contribution in [0.3, 0.4) is 0 Å². The van der Waals surface area contributed by atoms with Crippen LogP contribution in [0.25, 0.3) is 11.3 Å². The van der Waals surface area contributed by atoms with Crippen LogP contribution in [-0.2, 0) is 5.33 Å². The highest BCUT2D eigenvalue weighted by Crippen LogP contribution is 2.24. The summed E-state index contributed by atoms with van der Waals surface area (Å²) in [5.74, 6) is 0.228. The summed E-state index contributed by atoms with van der Waals surface area (Å²) in [4.78, 5) is 4.19. The molecule has 0 fully saturated rings. The first-order chi connectivity index (χ1) is 7.31. The summed E-state index contributed by atoms with van der Waals surface area (Å²) in [5.41, 5.74) is 2.78. The number of aromatic nitrogens is 1. The lowest BCUT2D eigenvalue weighted by Gasteiger charge is -2.04. The smallest absolute Gasteiger partial charge is 0.137 e. The van der Waals surface area contributed by atoms with Gasteiger partial charge >= 0.3 is 0 Å². The highest BCUT2D eigenvalue weighted by atomic mass is 79.9. The van der Waals surface area contributed by atoms with E-state index in [1.54, 1.807) is 0 Å². The van der Waals surface area contributed by atoms with Crippen LogP contribution in [0, 0.1) is 0 Å². The van der Waals surface area contributed by atoms with Gasteiger partial charge in [0.2, 0.25) is 0 Å². The maximum atomic E-state index is 9.49. The molecule has 0 aliphatic carbocycles. The van der Waals surface area contributed by atoms with E-state index >= 15 is 0 Å². The molecule has 76 valence electrons. The summed E-state index contributed by atoms with van der Waals surface area (Å²) in [6.45, 7) is 0. The number of hydrogen-bond donors (Lipinski definition) is 1. The molecule has 0 aliphatic rings. The SMILES string of the molecule is Oc1cnc(-c2ccccc2)cc1CBr. The van der Waals surface area contributed by atoms with Crippen molar-refractivity contribution in [3.05, 3.63) is 48.2 Å². The van der Waals surface area contributed by atoms with E-state index in [-0.39, 0.29) is 5.75 Å². The molecule has 15 heavy (non-hydrogen) atoms. The number of aromatic hydroxyl groups is 1. The van der Waals surface area contributed by atoms with Gasteiger partial charge in [-0.3, -0.25) is 4.98 Å². The van der Waals surface area contributed by atoms with Gasteiger partial charge in [-0.25, -0.2) is 0 Å². The first-order valence-corrected chi connectivity index (χ1v) is 5.72. The van der Waals surface area contributed by atoms with E-state index < -0.39 is 0 Å². The number of halogens is 1. The van der Waals surface area contributed by atoms with Crippen LogP contribution in [0.2, 0.25) is 0 Å². The zero-order chi connectivity index (χ0) is 10.7. The highest BCUT2D eigenvalue weighted by molar-refractivity contribution is 9.08. The second-order valence-electron chi connectivity index (χ2n) is 3.20. The summed E-state index contributed by atoms with van der Waals surface area (Å²) in [5, 5.41) is 10.1. The van der Waals surface area contributed by atoms with Gasteiger partial charge in [-0.2, -0.15) is 0 Å². The van der Waals surface area contributed by atoms with E-state index in [4.69, 9.17) is 0 Å². The first-order valence-electron chi connectivity index (χ1n) is 4.60. The van der Waals surface area contributed by atoms with Crippen molar-refractivity contribution < 1.29 is 5.11 Å². The second kappa shape index (κ2) is 4.45. The minimum atomic E-state index is 0.228. The van der Waals surface area contributed by atoms with Crippen LogP contribution in [-0.4, -0.2) is 10.1 Å². The standard InChI is InChI=1S/C12H10BrNO/c13-7-10-6-11(14-8-12(10)15)9-4-2-1-3-5-9/h1-6,8,15H,7H2. The largest absolute Gasteiger partial charge is 0.506 e. The monoisotopic (exact) mass is 263 g/mol. The Balaban J connectivity index is 2.46. The predicted molar refractivity (Wildman–Crippen MR) is 64.0 cm³/mol. The van der Waals surface area contributed by atoms with Gasteiger partial charge in [0.25, 0.3) is 0 Å². The number of nitrogens with zero attached hydrogens (tertiary/aromatic N) is 1. The molecule has 1 aromatic carbocycles. The minimum Gasteiger partial charge on any atom is -0.506 e. The lowest BCUT2D eigenvalue weighted by atomic mass is 10.1. The Hall–Kier alpha value is -1.35. The van der Waals surface area contributed by atoms with E-state index in [9.17, 15) is 5.11 Å². The zero-order valence-electron chi connectivity index (χ0n) is 8.02. The van der Waals surface area contributed by atoms with Crippen molar-refractivity contribution in [3.63, 3.8) is 0 Å². The van der Waals surface area contributed by atoms with Crippen LogP contribution >= 0.6 is 15.9 Å². The Kier molecular flexibility index (Phi) is 3.02. The Bertz CT molecular complexity index is 456. The molecule has 0 spiro atoms. The number of hydrogen-bond acceptors (Lipinski definition) is 2. The molecule has 0 unspecified atom stereocenters. The molecule has 0 aliphatic heterocycles. The molecule has 1 aromatic heterocycles. The molecular formula is C12H10BrNO. The van der Waals surface area contributed by atoms with Gasteiger partial charge in [0.1, 0.15) is 5.75 Å². The van der Waals surface area contributed by atoms with E-state index in [1.807, 2.05) is 36.4 Å². The van der Waals surface area contributed by atoms with E-state index in [0.717, 1.165) is 16.8 Å². The number of pyridine rings is 1. The molecule has 2 aromatic rings. The average Bonchev–Trinajstić information content (AvgIpc) is 2.31. The summed E-state index contributed by atoms with van der Waals surface area (Å²) in [7, 11) is 0.